The zero-order valence-electron chi connectivity index (χ0n) is 9.20. The molecule has 3 N–H and O–H groups in total. The third kappa shape index (κ3) is 5.90. The summed E-state index contributed by atoms with van der Waals surface area (Å²) in [5.41, 5.74) is 8.37. The molecule has 0 unspecified atom stereocenters. The molecule has 0 saturated heterocycles. The molecular formula is C11H11F3N2O2. The lowest BCUT2D eigenvalue weighted by Crippen LogP contribution is -2.28. The number of alkyl halides is 3. The smallest absolute Gasteiger partial charge is 0.399 e. The molecule has 0 aliphatic carbocycles. The summed E-state index contributed by atoms with van der Waals surface area (Å²) >= 11 is 0. The van der Waals surface area contributed by atoms with Crippen LogP contribution in [0, 0.1) is 0 Å². The number of nitrogen functional groups attached to an aromatic ring is 1. The number of anilines is 1. The van der Waals surface area contributed by atoms with Gasteiger partial charge in [0.2, 0.25) is 0 Å². The Morgan fingerprint density at radius 1 is 1.33 bits per heavy atom. The number of hydrogen-bond acceptors (Lipinski definition) is 3. The summed E-state index contributed by atoms with van der Waals surface area (Å²) in [4.78, 5) is 15.0. The van der Waals surface area contributed by atoms with Gasteiger partial charge in [-0.2, -0.15) is 13.2 Å². The molecule has 0 heterocycles. The Bertz CT molecular complexity index is 427. The van der Waals surface area contributed by atoms with Gasteiger partial charge in [0, 0.05) is 11.8 Å². The summed E-state index contributed by atoms with van der Waals surface area (Å²) in [6, 6.07) is 6.60. The summed E-state index contributed by atoms with van der Waals surface area (Å²) in [6.45, 7) is -1.53. The van der Waals surface area contributed by atoms with Crippen LogP contribution in [0.2, 0.25) is 0 Å². The molecule has 0 bridgehead atoms. The van der Waals surface area contributed by atoms with Gasteiger partial charge in [0.05, 0.1) is 0 Å². The third-order valence-corrected chi connectivity index (χ3v) is 1.77. The summed E-state index contributed by atoms with van der Waals surface area (Å²) < 4.78 is 35.1. The first-order valence-electron chi connectivity index (χ1n) is 4.89. The Labute approximate surface area is 101 Å². The number of carbonyl (C=O) groups is 1. The van der Waals surface area contributed by atoms with E-state index in [0.717, 1.165) is 6.08 Å². The molecule has 0 aliphatic heterocycles. The number of halogens is 3. The van der Waals surface area contributed by atoms with E-state index < -0.39 is 18.7 Å². The van der Waals surface area contributed by atoms with Gasteiger partial charge in [-0.3, -0.25) is 9.63 Å². The average molecular weight is 260 g/mol. The van der Waals surface area contributed by atoms with Crippen molar-refractivity contribution in [2.24, 2.45) is 0 Å². The molecule has 0 aromatic heterocycles. The number of amides is 1. The molecular weight excluding hydrogens is 249 g/mol. The van der Waals surface area contributed by atoms with Crippen molar-refractivity contribution in [1.82, 2.24) is 5.48 Å². The Kier molecular flexibility index (Phi) is 4.73. The highest BCUT2D eigenvalue weighted by Gasteiger charge is 2.28. The second-order valence-electron chi connectivity index (χ2n) is 3.37. The predicted octanol–water partition coefficient (Wildman–Crippen LogP) is 1.89. The van der Waals surface area contributed by atoms with Gasteiger partial charge in [-0.25, -0.2) is 5.48 Å². The number of nitrogens with one attached hydrogen (secondary N) is 1. The van der Waals surface area contributed by atoms with Gasteiger partial charge in [-0.1, -0.05) is 12.1 Å². The molecule has 0 aliphatic rings. The Hall–Kier alpha value is -2.02. The fourth-order valence-electron chi connectivity index (χ4n) is 1.00. The summed E-state index contributed by atoms with van der Waals surface area (Å²) in [7, 11) is 0. The van der Waals surface area contributed by atoms with Gasteiger partial charge in [0.25, 0.3) is 5.91 Å². The fourth-order valence-corrected chi connectivity index (χ4v) is 1.00. The SMILES string of the molecule is Nc1ccc(/C=C/C(=O)NOCC(F)(F)F)cc1. The molecule has 0 fully saturated rings. The van der Waals surface area contributed by atoms with Crippen molar-refractivity contribution in [3.63, 3.8) is 0 Å². The van der Waals surface area contributed by atoms with Crippen LogP contribution >= 0.6 is 0 Å². The van der Waals surface area contributed by atoms with E-state index in [1.54, 1.807) is 29.7 Å². The second-order valence-corrected chi connectivity index (χ2v) is 3.37. The van der Waals surface area contributed by atoms with Crippen molar-refractivity contribution in [1.29, 1.82) is 0 Å². The summed E-state index contributed by atoms with van der Waals surface area (Å²) in [5.74, 6) is -0.781. The molecule has 18 heavy (non-hydrogen) atoms. The maximum atomic E-state index is 11.7. The monoisotopic (exact) mass is 260 g/mol. The van der Waals surface area contributed by atoms with Crippen molar-refractivity contribution >= 4 is 17.7 Å². The number of rotatable bonds is 4. The van der Waals surface area contributed by atoms with Crippen LogP contribution in [0.1, 0.15) is 5.56 Å². The van der Waals surface area contributed by atoms with Gasteiger partial charge in [-0.05, 0) is 23.8 Å². The molecule has 0 radical (unpaired) electrons. The van der Waals surface area contributed by atoms with E-state index >= 15 is 0 Å². The van der Waals surface area contributed by atoms with Gasteiger partial charge < -0.3 is 5.73 Å². The standard InChI is InChI=1S/C11H11F3N2O2/c12-11(13,14)7-18-16-10(17)6-3-8-1-4-9(15)5-2-8/h1-6H,7,15H2,(H,16,17)/b6-3+. The first kappa shape index (κ1) is 14.0. The van der Waals surface area contributed by atoms with Crippen LogP contribution < -0.4 is 11.2 Å². The molecule has 7 heteroatoms. The van der Waals surface area contributed by atoms with E-state index in [9.17, 15) is 18.0 Å². The van der Waals surface area contributed by atoms with Crippen molar-refractivity contribution in [2.45, 2.75) is 6.18 Å². The third-order valence-electron chi connectivity index (χ3n) is 1.77. The molecule has 1 rings (SSSR count). The second kappa shape index (κ2) is 6.06. The fraction of sp³-hybridized carbons (Fsp3) is 0.182. The number of hydrogen-bond donors (Lipinski definition) is 2. The highest BCUT2D eigenvalue weighted by atomic mass is 19.4. The van der Waals surface area contributed by atoms with E-state index in [2.05, 4.69) is 4.84 Å². The summed E-state index contributed by atoms with van der Waals surface area (Å²) in [5, 5.41) is 0. The van der Waals surface area contributed by atoms with Crippen LogP contribution in [0.5, 0.6) is 0 Å². The lowest BCUT2D eigenvalue weighted by Gasteiger charge is -2.06. The van der Waals surface area contributed by atoms with Gasteiger partial charge in [0.15, 0.2) is 6.61 Å². The van der Waals surface area contributed by atoms with Crippen LogP contribution in [0.15, 0.2) is 30.3 Å². The highest BCUT2D eigenvalue weighted by molar-refractivity contribution is 5.90. The van der Waals surface area contributed by atoms with E-state index in [1.807, 2.05) is 0 Å². The number of hydroxylamine groups is 1. The van der Waals surface area contributed by atoms with Crippen LogP contribution in [-0.4, -0.2) is 18.7 Å². The van der Waals surface area contributed by atoms with Crippen LogP contribution in [0.3, 0.4) is 0 Å². The first-order chi connectivity index (χ1) is 8.37. The van der Waals surface area contributed by atoms with Crippen molar-refractivity contribution in [3.05, 3.63) is 35.9 Å². The Morgan fingerprint density at radius 3 is 2.50 bits per heavy atom. The van der Waals surface area contributed by atoms with Crippen LogP contribution in [0.4, 0.5) is 18.9 Å². The molecule has 4 nitrogen and oxygen atoms in total. The first-order valence-corrected chi connectivity index (χ1v) is 4.89. The topological polar surface area (TPSA) is 64.4 Å². The summed E-state index contributed by atoms with van der Waals surface area (Å²) in [6.07, 6.45) is -2.00. The molecule has 1 amide bonds. The van der Waals surface area contributed by atoms with Gasteiger partial charge in [0.1, 0.15) is 0 Å². The van der Waals surface area contributed by atoms with E-state index in [-0.39, 0.29) is 0 Å². The minimum absolute atomic E-state index is 0.574. The molecule has 0 atom stereocenters. The lowest BCUT2D eigenvalue weighted by atomic mass is 10.2. The highest BCUT2D eigenvalue weighted by Crippen LogP contribution is 2.13. The van der Waals surface area contributed by atoms with Crippen molar-refractivity contribution in [2.75, 3.05) is 12.3 Å². The predicted molar refractivity (Wildman–Crippen MR) is 60.0 cm³/mol. The van der Waals surface area contributed by atoms with Gasteiger partial charge in [-0.15, -0.1) is 0 Å². The maximum absolute atomic E-state index is 11.7. The molecule has 0 saturated carbocycles. The minimum atomic E-state index is -4.48. The van der Waals surface area contributed by atoms with Crippen LogP contribution in [-0.2, 0) is 9.63 Å². The lowest BCUT2D eigenvalue weighted by molar-refractivity contribution is -0.190. The van der Waals surface area contributed by atoms with E-state index in [4.69, 9.17) is 5.73 Å². The Balaban J connectivity index is 2.38. The zero-order valence-corrected chi connectivity index (χ0v) is 9.20. The van der Waals surface area contributed by atoms with Crippen molar-refractivity contribution in [3.8, 4) is 0 Å². The largest absolute Gasteiger partial charge is 0.414 e. The Morgan fingerprint density at radius 2 is 1.94 bits per heavy atom. The van der Waals surface area contributed by atoms with E-state index in [1.165, 1.54) is 6.08 Å². The van der Waals surface area contributed by atoms with Crippen LogP contribution in [0.25, 0.3) is 6.08 Å². The molecule has 98 valence electrons. The van der Waals surface area contributed by atoms with Gasteiger partial charge >= 0.3 is 6.18 Å². The minimum Gasteiger partial charge on any atom is -0.399 e. The normalized spacial score (nSPS) is 11.7. The molecule has 1 aromatic carbocycles. The maximum Gasteiger partial charge on any atom is 0.414 e. The number of benzene rings is 1. The average Bonchev–Trinajstić information content (AvgIpc) is 2.26. The number of nitrogens with two attached hydrogens (primary N) is 1. The zero-order chi connectivity index (χ0) is 13.6. The quantitative estimate of drug-likeness (QED) is 0.493. The molecule has 1 aromatic rings. The van der Waals surface area contributed by atoms with E-state index in [0.29, 0.717) is 11.3 Å². The number of carbonyl (C=O) groups excluding carboxylic acids is 1. The van der Waals surface area contributed by atoms with Crippen molar-refractivity contribution < 1.29 is 22.8 Å². The molecule has 0 spiro atoms.